The molecular weight excluding hydrogens is 290 g/mol. The number of carbonyl (C=O) groups is 1. The van der Waals surface area contributed by atoms with Crippen molar-refractivity contribution < 1.29 is 14.3 Å². The topological polar surface area (TPSA) is 68.4 Å². The molecule has 2 rings (SSSR count). The summed E-state index contributed by atoms with van der Waals surface area (Å²) in [6, 6.07) is 7.35. The third kappa shape index (κ3) is 4.06. The number of H-pyrrole nitrogens is 1. The first-order valence-corrected chi connectivity index (χ1v) is 7.17. The van der Waals surface area contributed by atoms with Gasteiger partial charge >= 0.3 is 5.97 Å². The Labute approximate surface area is 125 Å². The highest BCUT2D eigenvalue weighted by molar-refractivity contribution is 7.07. The number of ether oxygens (including phenoxy) is 2. The number of carbonyl (C=O) groups excluding carboxylic acids is 1. The number of hydrogen-bond donors (Lipinski definition) is 1. The van der Waals surface area contributed by atoms with Crippen LogP contribution in [0.1, 0.15) is 12.5 Å². The van der Waals surface area contributed by atoms with Crippen LogP contribution in [0.4, 0.5) is 0 Å². The van der Waals surface area contributed by atoms with Crippen molar-refractivity contribution in [2.45, 2.75) is 6.92 Å². The molecule has 0 atom stereocenters. The second-order valence-electron chi connectivity index (χ2n) is 4.10. The van der Waals surface area contributed by atoms with Gasteiger partial charge in [0.15, 0.2) is 0 Å². The summed E-state index contributed by atoms with van der Waals surface area (Å²) in [4.78, 5) is 25.8. The van der Waals surface area contributed by atoms with E-state index in [1.165, 1.54) is 17.4 Å². The molecule has 0 unspecified atom stereocenters. The summed E-state index contributed by atoms with van der Waals surface area (Å²) in [5, 5.41) is 0. The molecule has 0 radical (unpaired) electrons. The Morgan fingerprint density at radius 3 is 2.67 bits per heavy atom. The van der Waals surface area contributed by atoms with Gasteiger partial charge in [-0.15, -0.1) is 11.3 Å². The van der Waals surface area contributed by atoms with Gasteiger partial charge in [0.25, 0.3) is 5.56 Å². The van der Waals surface area contributed by atoms with E-state index in [1.54, 1.807) is 20.1 Å². The van der Waals surface area contributed by atoms with E-state index in [0.717, 1.165) is 11.3 Å². The fraction of sp³-hybridized carbons (Fsp3) is 0.200. The molecule has 0 aliphatic carbocycles. The van der Waals surface area contributed by atoms with Gasteiger partial charge in [-0.2, -0.15) is 0 Å². The Hall–Kier alpha value is -2.34. The molecule has 110 valence electrons. The highest BCUT2D eigenvalue weighted by Gasteiger charge is 1.99. The molecule has 5 nitrogen and oxygen atoms in total. The summed E-state index contributed by atoms with van der Waals surface area (Å²) in [6.07, 6.45) is 3.03. The fourth-order valence-corrected chi connectivity index (χ4v) is 2.54. The van der Waals surface area contributed by atoms with Crippen molar-refractivity contribution in [2.24, 2.45) is 0 Å². The van der Waals surface area contributed by atoms with Crippen LogP contribution in [0.15, 0.2) is 29.1 Å². The van der Waals surface area contributed by atoms with E-state index in [1.807, 2.05) is 24.3 Å². The maximum absolute atomic E-state index is 11.8. The molecule has 0 bridgehead atoms. The van der Waals surface area contributed by atoms with Crippen molar-refractivity contribution >= 4 is 29.5 Å². The lowest BCUT2D eigenvalue weighted by Crippen LogP contribution is -2.20. The van der Waals surface area contributed by atoms with Gasteiger partial charge in [0.2, 0.25) is 0 Å². The SMILES string of the molecule is CCOC(=O)/C=c1\[nH]c(=O)/c(=C\c2ccc(OC)cc2)s1. The van der Waals surface area contributed by atoms with Crippen LogP contribution < -0.4 is 19.5 Å². The second kappa shape index (κ2) is 6.90. The minimum Gasteiger partial charge on any atom is -0.497 e. The largest absolute Gasteiger partial charge is 0.497 e. The number of hydrogen-bond acceptors (Lipinski definition) is 5. The number of aromatic amines is 1. The van der Waals surface area contributed by atoms with Crippen molar-refractivity contribution in [2.75, 3.05) is 13.7 Å². The van der Waals surface area contributed by atoms with E-state index in [9.17, 15) is 9.59 Å². The molecular formula is C15H15NO4S. The molecule has 1 aromatic heterocycles. The maximum atomic E-state index is 11.8. The summed E-state index contributed by atoms with van der Waals surface area (Å²) < 4.78 is 10.9. The lowest BCUT2D eigenvalue weighted by atomic mass is 10.2. The van der Waals surface area contributed by atoms with Crippen LogP contribution in [-0.4, -0.2) is 24.7 Å². The minimum atomic E-state index is -0.467. The zero-order chi connectivity index (χ0) is 15.2. The number of benzene rings is 1. The average Bonchev–Trinajstić information content (AvgIpc) is 2.79. The Kier molecular flexibility index (Phi) is 4.94. The van der Waals surface area contributed by atoms with Crippen molar-refractivity contribution in [1.29, 1.82) is 0 Å². The van der Waals surface area contributed by atoms with Gasteiger partial charge in [-0.3, -0.25) is 4.79 Å². The Bertz CT molecular complexity index is 786. The van der Waals surface area contributed by atoms with Crippen LogP contribution in [-0.2, 0) is 9.53 Å². The van der Waals surface area contributed by atoms with E-state index in [2.05, 4.69) is 4.98 Å². The zero-order valence-electron chi connectivity index (χ0n) is 11.7. The van der Waals surface area contributed by atoms with Gasteiger partial charge in [0.05, 0.1) is 24.3 Å². The third-order valence-corrected chi connectivity index (χ3v) is 3.59. The van der Waals surface area contributed by atoms with Gasteiger partial charge < -0.3 is 14.5 Å². The third-order valence-electron chi connectivity index (χ3n) is 2.63. The van der Waals surface area contributed by atoms with Crippen molar-refractivity contribution in [3.63, 3.8) is 0 Å². The van der Waals surface area contributed by atoms with E-state index in [-0.39, 0.29) is 5.56 Å². The standard InChI is InChI=1S/C15H15NO4S/c1-3-20-14(17)9-13-16-15(18)12(21-13)8-10-4-6-11(19-2)7-5-10/h4-9H,3H2,1-2H3,(H,16,18)/b12-8+,13-9+. The number of aromatic nitrogens is 1. The molecule has 0 saturated heterocycles. The van der Waals surface area contributed by atoms with Gasteiger partial charge in [-0.05, 0) is 30.7 Å². The number of methoxy groups -OCH3 is 1. The van der Waals surface area contributed by atoms with Crippen molar-refractivity contribution in [3.8, 4) is 5.75 Å². The smallest absolute Gasteiger partial charge is 0.333 e. The number of nitrogens with one attached hydrogen (secondary N) is 1. The molecule has 1 aromatic carbocycles. The summed E-state index contributed by atoms with van der Waals surface area (Å²) in [5.74, 6) is 0.287. The molecule has 0 fully saturated rings. The second-order valence-corrected chi connectivity index (χ2v) is 5.18. The first-order valence-electron chi connectivity index (χ1n) is 6.35. The lowest BCUT2D eigenvalue weighted by Gasteiger charge is -1.98. The Morgan fingerprint density at radius 1 is 1.33 bits per heavy atom. The summed E-state index contributed by atoms with van der Waals surface area (Å²) in [7, 11) is 1.60. The molecule has 0 spiro atoms. The minimum absolute atomic E-state index is 0.230. The summed E-state index contributed by atoms with van der Waals surface area (Å²) >= 11 is 1.21. The number of esters is 1. The fourth-order valence-electron chi connectivity index (χ4n) is 1.67. The summed E-state index contributed by atoms with van der Waals surface area (Å²) in [6.45, 7) is 2.03. The number of thiazole rings is 1. The predicted octanol–water partition coefficient (Wildman–Crippen LogP) is 0.617. The predicted molar refractivity (Wildman–Crippen MR) is 81.8 cm³/mol. The van der Waals surface area contributed by atoms with Crippen molar-refractivity contribution in [1.82, 2.24) is 4.98 Å². The molecule has 0 amide bonds. The molecule has 1 N–H and O–H groups in total. The first kappa shape index (κ1) is 15.1. The maximum Gasteiger partial charge on any atom is 0.333 e. The normalized spacial score (nSPS) is 12.5. The van der Waals surface area contributed by atoms with Crippen LogP contribution in [0.2, 0.25) is 0 Å². The van der Waals surface area contributed by atoms with E-state index < -0.39 is 5.97 Å². The van der Waals surface area contributed by atoms with Gasteiger partial charge in [-0.1, -0.05) is 12.1 Å². The highest BCUT2D eigenvalue weighted by atomic mass is 32.1. The first-order chi connectivity index (χ1) is 10.1. The molecule has 0 aliphatic heterocycles. The van der Waals surface area contributed by atoms with Crippen LogP contribution >= 0.6 is 11.3 Å². The zero-order valence-corrected chi connectivity index (χ0v) is 12.5. The van der Waals surface area contributed by atoms with E-state index >= 15 is 0 Å². The highest BCUT2D eigenvalue weighted by Crippen LogP contribution is 2.11. The van der Waals surface area contributed by atoms with Crippen LogP contribution in [0.3, 0.4) is 0 Å². The van der Waals surface area contributed by atoms with Gasteiger partial charge in [0.1, 0.15) is 10.4 Å². The van der Waals surface area contributed by atoms with E-state index in [0.29, 0.717) is 15.8 Å². The van der Waals surface area contributed by atoms with Crippen LogP contribution in [0.25, 0.3) is 12.2 Å². The molecule has 0 aliphatic rings. The van der Waals surface area contributed by atoms with Crippen LogP contribution in [0, 0.1) is 0 Å². The van der Waals surface area contributed by atoms with Gasteiger partial charge in [-0.25, -0.2) is 4.79 Å². The quantitative estimate of drug-likeness (QED) is 0.841. The van der Waals surface area contributed by atoms with Gasteiger partial charge in [0, 0.05) is 0 Å². The summed E-state index contributed by atoms with van der Waals surface area (Å²) in [5.41, 5.74) is 0.650. The average molecular weight is 305 g/mol. The molecule has 2 aromatic rings. The number of rotatable bonds is 4. The molecule has 0 saturated carbocycles. The Morgan fingerprint density at radius 2 is 2.05 bits per heavy atom. The van der Waals surface area contributed by atoms with E-state index in [4.69, 9.17) is 9.47 Å². The molecule has 1 heterocycles. The molecule has 21 heavy (non-hydrogen) atoms. The molecule has 6 heteroatoms. The van der Waals surface area contributed by atoms with Crippen LogP contribution in [0.5, 0.6) is 5.75 Å². The lowest BCUT2D eigenvalue weighted by molar-refractivity contribution is -0.135. The Balaban J connectivity index is 2.36. The monoisotopic (exact) mass is 305 g/mol. The van der Waals surface area contributed by atoms with Crippen molar-refractivity contribution in [3.05, 3.63) is 49.4 Å².